The molecule has 8 heteroatoms. The zero-order valence-electron chi connectivity index (χ0n) is 14.2. The molecule has 2 aromatic heterocycles. The number of anilines is 1. The van der Waals surface area contributed by atoms with Crippen LogP contribution in [0.3, 0.4) is 0 Å². The normalized spacial score (nSPS) is 10.8. The Hall–Kier alpha value is -3.68. The number of fused-ring (bicyclic) bond motifs is 1. The maximum atomic E-state index is 12.8. The molecule has 2 heterocycles. The monoisotopic (exact) mass is 348 g/mol. The summed E-state index contributed by atoms with van der Waals surface area (Å²) in [4.78, 5) is 12.8. The predicted octanol–water partition coefficient (Wildman–Crippen LogP) is 2.71. The van der Waals surface area contributed by atoms with E-state index >= 15 is 0 Å². The largest absolute Gasteiger partial charge is 0.497 e. The van der Waals surface area contributed by atoms with Crippen LogP contribution in [0.5, 0.6) is 5.75 Å². The lowest BCUT2D eigenvalue weighted by Gasteiger charge is -2.09. The third-order valence-corrected chi connectivity index (χ3v) is 4.07. The molecule has 0 unspecified atom stereocenters. The Bertz CT molecular complexity index is 1080. The lowest BCUT2D eigenvalue weighted by atomic mass is 10.2. The molecule has 0 aliphatic rings. The second kappa shape index (κ2) is 6.32. The van der Waals surface area contributed by atoms with Crippen LogP contribution in [-0.4, -0.2) is 38.2 Å². The van der Waals surface area contributed by atoms with Crippen LogP contribution in [0.4, 0.5) is 5.69 Å². The maximum absolute atomic E-state index is 12.8. The Morgan fingerprint density at radius 2 is 2.00 bits per heavy atom. The van der Waals surface area contributed by atoms with Crippen LogP contribution in [0.15, 0.2) is 48.7 Å². The van der Waals surface area contributed by atoms with Crippen molar-refractivity contribution in [3.8, 4) is 11.4 Å². The number of H-pyrrole nitrogens is 1. The van der Waals surface area contributed by atoms with Gasteiger partial charge in [-0.25, -0.2) is 4.68 Å². The summed E-state index contributed by atoms with van der Waals surface area (Å²) >= 11 is 0. The number of ether oxygens (including phenoxy) is 1. The van der Waals surface area contributed by atoms with Gasteiger partial charge < -0.3 is 10.1 Å². The van der Waals surface area contributed by atoms with Gasteiger partial charge in [-0.15, -0.1) is 5.10 Å². The van der Waals surface area contributed by atoms with Gasteiger partial charge in [0, 0.05) is 11.1 Å². The molecule has 8 nitrogen and oxygen atoms in total. The molecule has 0 aliphatic carbocycles. The summed E-state index contributed by atoms with van der Waals surface area (Å²) in [5.74, 6) is 0.441. The Labute approximate surface area is 148 Å². The molecule has 1 amide bonds. The fourth-order valence-electron chi connectivity index (χ4n) is 2.73. The summed E-state index contributed by atoms with van der Waals surface area (Å²) in [6.45, 7) is 1.75. The fraction of sp³-hybridized carbons (Fsp3) is 0.111. The van der Waals surface area contributed by atoms with E-state index in [-0.39, 0.29) is 5.91 Å². The lowest BCUT2D eigenvalue weighted by Crippen LogP contribution is -2.18. The Morgan fingerprint density at radius 1 is 1.19 bits per heavy atom. The number of hydrogen-bond acceptors (Lipinski definition) is 5. The van der Waals surface area contributed by atoms with Crippen molar-refractivity contribution in [1.29, 1.82) is 0 Å². The van der Waals surface area contributed by atoms with E-state index in [0.29, 0.717) is 17.1 Å². The average molecular weight is 348 g/mol. The van der Waals surface area contributed by atoms with Crippen LogP contribution in [0, 0.1) is 6.92 Å². The van der Waals surface area contributed by atoms with Crippen LogP contribution in [0.25, 0.3) is 16.6 Å². The van der Waals surface area contributed by atoms with Gasteiger partial charge in [0.25, 0.3) is 5.91 Å². The van der Waals surface area contributed by atoms with Crippen molar-refractivity contribution in [1.82, 2.24) is 25.2 Å². The summed E-state index contributed by atoms with van der Waals surface area (Å²) in [6, 6.07) is 12.8. The van der Waals surface area contributed by atoms with Crippen LogP contribution >= 0.6 is 0 Å². The molecule has 2 aromatic carbocycles. The number of nitrogens with zero attached hydrogens (tertiary/aromatic N) is 4. The number of aromatic nitrogens is 5. The molecule has 0 bridgehead atoms. The minimum absolute atomic E-state index is 0.286. The van der Waals surface area contributed by atoms with Gasteiger partial charge in [-0.1, -0.05) is 5.21 Å². The Morgan fingerprint density at radius 3 is 2.77 bits per heavy atom. The SMILES string of the molecule is COc1ccc(-n2nnc(C)c2C(=O)Nc2ccc3[nH]ncc3c2)cc1. The fourth-order valence-corrected chi connectivity index (χ4v) is 2.73. The van der Waals surface area contributed by atoms with Gasteiger partial charge >= 0.3 is 0 Å². The van der Waals surface area contributed by atoms with E-state index in [1.807, 2.05) is 30.3 Å². The topological polar surface area (TPSA) is 97.7 Å². The molecular formula is C18H16N6O2. The van der Waals surface area contributed by atoms with Gasteiger partial charge in [0.2, 0.25) is 0 Å². The molecule has 4 aromatic rings. The van der Waals surface area contributed by atoms with E-state index in [1.54, 1.807) is 32.4 Å². The first-order chi connectivity index (χ1) is 12.7. The number of hydrogen-bond donors (Lipinski definition) is 2. The summed E-state index contributed by atoms with van der Waals surface area (Å²) in [6.07, 6.45) is 1.71. The molecule has 0 aliphatic heterocycles. The minimum atomic E-state index is -0.286. The second-order valence-corrected chi connectivity index (χ2v) is 5.76. The zero-order valence-corrected chi connectivity index (χ0v) is 14.2. The van der Waals surface area contributed by atoms with Gasteiger partial charge in [-0.05, 0) is 49.4 Å². The summed E-state index contributed by atoms with van der Waals surface area (Å²) in [5.41, 5.74) is 3.22. The predicted molar refractivity (Wildman–Crippen MR) is 96.7 cm³/mol. The van der Waals surface area contributed by atoms with Crippen molar-refractivity contribution in [2.24, 2.45) is 0 Å². The van der Waals surface area contributed by atoms with Gasteiger partial charge in [-0.2, -0.15) is 5.10 Å². The van der Waals surface area contributed by atoms with E-state index in [2.05, 4.69) is 25.8 Å². The third-order valence-electron chi connectivity index (χ3n) is 4.07. The molecule has 130 valence electrons. The quantitative estimate of drug-likeness (QED) is 0.591. The molecule has 0 atom stereocenters. The van der Waals surface area contributed by atoms with E-state index in [4.69, 9.17) is 4.74 Å². The number of amides is 1. The van der Waals surface area contributed by atoms with Gasteiger partial charge in [0.05, 0.1) is 30.2 Å². The van der Waals surface area contributed by atoms with Crippen molar-refractivity contribution in [3.63, 3.8) is 0 Å². The highest BCUT2D eigenvalue weighted by Gasteiger charge is 2.19. The lowest BCUT2D eigenvalue weighted by molar-refractivity contribution is 0.101. The van der Waals surface area contributed by atoms with Crippen molar-refractivity contribution >= 4 is 22.5 Å². The molecule has 4 rings (SSSR count). The van der Waals surface area contributed by atoms with Gasteiger partial charge in [0.15, 0.2) is 5.69 Å². The number of carbonyl (C=O) groups is 1. The maximum Gasteiger partial charge on any atom is 0.276 e. The standard InChI is InChI=1S/C18H16N6O2/c1-11-17(24(23-21-11)14-4-6-15(26-2)7-5-14)18(25)20-13-3-8-16-12(9-13)10-19-22-16/h3-10H,1-2H3,(H,19,22)(H,20,25). The summed E-state index contributed by atoms with van der Waals surface area (Å²) in [5, 5.41) is 18.8. The number of benzene rings is 2. The van der Waals surface area contributed by atoms with Gasteiger partial charge in [0.1, 0.15) is 5.75 Å². The van der Waals surface area contributed by atoms with Crippen LogP contribution in [-0.2, 0) is 0 Å². The highest BCUT2D eigenvalue weighted by atomic mass is 16.5. The van der Waals surface area contributed by atoms with Gasteiger partial charge in [-0.3, -0.25) is 9.89 Å². The number of aromatic amines is 1. The molecule has 0 fully saturated rings. The van der Waals surface area contributed by atoms with Crippen molar-refractivity contribution in [2.75, 3.05) is 12.4 Å². The zero-order chi connectivity index (χ0) is 18.1. The number of carbonyl (C=O) groups excluding carboxylic acids is 1. The number of nitrogens with one attached hydrogen (secondary N) is 2. The number of rotatable bonds is 4. The Kier molecular flexibility index (Phi) is 3.85. The molecule has 2 N–H and O–H groups in total. The van der Waals surface area contributed by atoms with E-state index in [1.165, 1.54) is 4.68 Å². The minimum Gasteiger partial charge on any atom is -0.497 e. The van der Waals surface area contributed by atoms with Crippen molar-refractivity contribution in [2.45, 2.75) is 6.92 Å². The number of methoxy groups -OCH3 is 1. The van der Waals surface area contributed by atoms with Crippen molar-refractivity contribution < 1.29 is 9.53 Å². The highest BCUT2D eigenvalue weighted by Crippen LogP contribution is 2.20. The third kappa shape index (κ3) is 2.77. The highest BCUT2D eigenvalue weighted by molar-refractivity contribution is 6.04. The first-order valence-corrected chi connectivity index (χ1v) is 7.97. The van der Waals surface area contributed by atoms with E-state index < -0.39 is 0 Å². The summed E-state index contributed by atoms with van der Waals surface area (Å²) in [7, 11) is 1.60. The van der Waals surface area contributed by atoms with Crippen molar-refractivity contribution in [3.05, 3.63) is 60.0 Å². The first-order valence-electron chi connectivity index (χ1n) is 7.97. The van der Waals surface area contributed by atoms with E-state index in [0.717, 1.165) is 22.3 Å². The molecule has 26 heavy (non-hydrogen) atoms. The second-order valence-electron chi connectivity index (χ2n) is 5.76. The molecule has 0 saturated carbocycles. The summed E-state index contributed by atoms with van der Waals surface area (Å²) < 4.78 is 6.68. The smallest absolute Gasteiger partial charge is 0.276 e. The molecular weight excluding hydrogens is 332 g/mol. The van der Waals surface area contributed by atoms with Crippen LogP contribution in [0.2, 0.25) is 0 Å². The average Bonchev–Trinajstić information content (AvgIpc) is 3.27. The molecule has 0 radical (unpaired) electrons. The number of aryl methyl sites for hydroxylation is 1. The molecule has 0 saturated heterocycles. The van der Waals surface area contributed by atoms with E-state index in [9.17, 15) is 4.79 Å². The molecule has 0 spiro atoms. The van der Waals surface area contributed by atoms with Crippen LogP contribution < -0.4 is 10.1 Å². The first kappa shape index (κ1) is 15.8. The van der Waals surface area contributed by atoms with Crippen LogP contribution in [0.1, 0.15) is 16.2 Å². The Balaban J connectivity index is 1.65.